The average Bonchev–Trinajstić information content (AvgIpc) is 2.88. The third-order valence-electron chi connectivity index (χ3n) is 7.26. The number of hydrogen-bond acceptors (Lipinski definition) is 3. The van der Waals surface area contributed by atoms with E-state index >= 15 is 0 Å². The Balaban J connectivity index is 0.00000155. The van der Waals surface area contributed by atoms with E-state index in [1.807, 2.05) is 27.3 Å². The number of nitrogens with one attached hydrogen (secondary N) is 2. The van der Waals surface area contributed by atoms with Crippen molar-refractivity contribution in [3.8, 4) is 0 Å². The maximum absolute atomic E-state index is 13.5. The number of nitrogens with zero attached hydrogens (tertiary/aromatic N) is 1. The zero-order valence-electron chi connectivity index (χ0n) is 19.6. The molecule has 4 aliphatic carbocycles. The third-order valence-corrected chi connectivity index (χ3v) is 7.26. The molecule has 2 atom stereocenters. The SMILES string of the molecule is C=C.C=C(CCC(/C(=C\NC)C1CC(F)(F)C1)N(C)C)NC1(C)CCC2CC(C2)C1. The van der Waals surface area contributed by atoms with E-state index in [4.69, 9.17) is 0 Å². The molecule has 0 aromatic rings. The second-order valence-electron chi connectivity index (χ2n) is 10.1. The highest BCUT2D eigenvalue weighted by atomic mass is 19.3. The van der Waals surface area contributed by atoms with Gasteiger partial charge in [-0.25, -0.2) is 8.78 Å². The van der Waals surface area contributed by atoms with E-state index in [0.29, 0.717) is 0 Å². The van der Waals surface area contributed by atoms with Crippen molar-refractivity contribution in [1.82, 2.24) is 15.5 Å². The van der Waals surface area contributed by atoms with Crippen LogP contribution in [0.1, 0.15) is 64.7 Å². The molecule has 0 aromatic carbocycles. The van der Waals surface area contributed by atoms with Gasteiger partial charge in [-0.15, -0.1) is 13.2 Å². The molecular weight excluding hydrogens is 380 g/mol. The molecule has 4 saturated carbocycles. The zero-order valence-corrected chi connectivity index (χ0v) is 19.6. The first-order valence-corrected chi connectivity index (χ1v) is 11.5. The van der Waals surface area contributed by atoms with Gasteiger partial charge in [-0.3, -0.25) is 0 Å². The molecule has 2 N–H and O–H groups in total. The van der Waals surface area contributed by atoms with Crippen LogP contribution in [-0.2, 0) is 0 Å². The van der Waals surface area contributed by atoms with E-state index in [0.717, 1.165) is 35.9 Å². The van der Waals surface area contributed by atoms with Gasteiger partial charge in [-0.05, 0) is 95.5 Å². The van der Waals surface area contributed by atoms with Crippen LogP contribution in [0.3, 0.4) is 0 Å². The lowest BCUT2D eigenvalue weighted by molar-refractivity contribution is -0.102. The van der Waals surface area contributed by atoms with Crippen molar-refractivity contribution in [3.63, 3.8) is 0 Å². The van der Waals surface area contributed by atoms with Gasteiger partial charge in [-0.2, -0.15) is 0 Å². The Kier molecular flexibility index (Phi) is 8.55. The van der Waals surface area contributed by atoms with E-state index < -0.39 is 5.92 Å². The van der Waals surface area contributed by atoms with Crippen molar-refractivity contribution in [3.05, 3.63) is 37.2 Å². The van der Waals surface area contributed by atoms with Gasteiger partial charge < -0.3 is 15.5 Å². The Bertz CT molecular complexity index is 602. The molecule has 2 bridgehead atoms. The Labute approximate surface area is 183 Å². The summed E-state index contributed by atoms with van der Waals surface area (Å²) < 4.78 is 26.9. The monoisotopic (exact) mass is 423 g/mol. The third kappa shape index (κ3) is 6.32. The lowest BCUT2D eigenvalue weighted by Crippen LogP contribution is -2.44. The summed E-state index contributed by atoms with van der Waals surface area (Å²) in [5, 5.41) is 6.84. The number of alkyl halides is 2. The first-order valence-electron chi connectivity index (χ1n) is 11.5. The molecule has 4 fully saturated rings. The van der Waals surface area contributed by atoms with Crippen molar-refractivity contribution in [2.45, 2.75) is 82.2 Å². The molecule has 172 valence electrons. The molecule has 0 aromatic heterocycles. The first-order chi connectivity index (χ1) is 14.1. The van der Waals surface area contributed by atoms with E-state index in [2.05, 4.69) is 42.2 Å². The Morgan fingerprint density at radius 1 is 1.17 bits per heavy atom. The number of halogens is 2. The zero-order chi connectivity index (χ0) is 22.5. The van der Waals surface area contributed by atoms with Crippen molar-refractivity contribution in [1.29, 1.82) is 0 Å². The number of allylic oxidation sites excluding steroid dienone is 1. The molecule has 0 radical (unpaired) electrons. The number of likely N-dealkylation sites (N-methyl/N-ethyl adjacent to an activating group) is 1. The summed E-state index contributed by atoms with van der Waals surface area (Å²) in [6, 6.07) is 0.154. The van der Waals surface area contributed by atoms with Gasteiger partial charge in [0.05, 0.1) is 0 Å². The van der Waals surface area contributed by atoms with Crippen molar-refractivity contribution in [2.75, 3.05) is 21.1 Å². The molecule has 30 heavy (non-hydrogen) atoms. The molecule has 0 spiro atoms. The number of hydrogen-bond donors (Lipinski definition) is 2. The molecule has 4 rings (SSSR count). The average molecular weight is 424 g/mol. The summed E-state index contributed by atoms with van der Waals surface area (Å²) >= 11 is 0. The minimum Gasteiger partial charge on any atom is -0.394 e. The largest absolute Gasteiger partial charge is 0.394 e. The maximum Gasteiger partial charge on any atom is 0.249 e. The summed E-state index contributed by atoms with van der Waals surface area (Å²) in [7, 11) is 5.93. The van der Waals surface area contributed by atoms with E-state index in [1.165, 1.54) is 32.1 Å². The van der Waals surface area contributed by atoms with Crippen molar-refractivity contribution < 1.29 is 8.78 Å². The first kappa shape index (κ1) is 24.9. The summed E-state index contributed by atoms with van der Waals surface area (Å²) in [5.41, 5.74) is 2.37. The predicted octanol–water partition coefficient (Wildman–Crippen LogP) is 5.72. The molecule has 4 aliphatic rings. The standard InChI is InChI=1S/C23H39F2N3.C2H4/c1-16(27-22(2)9-8-17-10-18(11-17)12-22)6-7-21(28(4)5)20(15-26-3)19-13-23(24,25)14-19;1-2/h15,17-19,21,26-27H,1,6-14H2,2-5H3;1-2H2/b20-15-;. The summed E-state index contributed by atoms with van der Waals surface area (Å²) in [4.78, 5) is 2.16. The summed E-state index contributed by atoms with van der Waals surface area (Å²) in [6.45, 7) is 12.7. The molecule has 2 unspecified atom stereocenters. The molecule has 3 nitrogen and oxygen atoms in total. The molecule has 0 heterocycles. The van der Waals surface area contributed by atoms with Gasteiger partial charge >= 0.3 is 0 Å². The van der Waals surface area contributed by atoms with Gasteiger partial charge in [0.15, 0.2) is 0 Å². The van der Waals surface area contributed by atoms with Crippen LogP contribution < -0.4 is 10.6 Å². The van der Waals surface area contributed by atoms with Gasteiger partial charge in [0, 0.05) is 37.2 Å². The number of fused-ring (bicyclic) bond motifs is 3. The predicted molar refractivity (Wildman–Crippen MR) is 124 cm³/mol. The summed E-state index contributed by atoms with van der Waals surface area (Å²) in [6.07, 6.45) is 10.3. The van der Waals surface area contributed by atoms with E-state index in [1.54, 1.807) is 0 Å². The van der Waals surface area contributed by atoms with Crippen molar-refractivity contribution in [2.24, 2.45) is 17.8 Å². The Morgan fingerprint density at radius 3 is 2.33 bits per heavy atom. The van der Waals surface area contributed by atoms with E-state index in [-0.39, 0.29) is 30.3 Å². The van der Waals surface area contributed by atoms with Crippen molar-refractivity contribution >= 4 is 0 Å². The Morgan fingerprint density at radius 2 is 1.80 bits per heavy atom. The lowest BCUT2D eigenvalue weighted by atomic mass is 9.73. The highest BCUT2D eigenvalue weighted by Gasteiger charge is 2.48. The van der Waals surface area contributed by atoms with Gasteiger partial charge in [0.25, 0.3) is 0 Å². The Hall–Kier alpha value is -1.36. The molecule has 0 aliphatic heterocycles. The maximum atomic E-state index is 13.5. The summed E-state index contributed by atoms with van der Waals surface area (Å²) in [5.74, 6) is -0.677. The smallest absolute Gasteiger partial charge is 0.249 e. The van der Waals surface area contributed by atoms with Crippen LogP contribution in [0.4, 0.5) is 8.78 Å². The second-order valence-corrected chi connectivity index (χ2v) is 10.1. The fraction of sp³-hybridized carbons (Fsp3) is 0.760. The molecule has 0 amide bonds. The van der Waals surface area contributed by atoms with Crippen LogP contribution in [-0.4, -0.2) is 43.5 Å². The van der Waals surface area contributed by atoms with Crippen LogP contribution in [0.5, 0.6) is 0 Å². The van der Waals surface area contributed by atoms with Gasteiger partial charge in [-0.1, -0.05) is 6.58 Å². The molecular formula is C25H43F2N3. The van der Waals surface area contributed by atoms with E-state index in [9.17, 15) is 8.78 Å². The normalized spacial score (nSPS) is 31.4. The highest BCUT2D eigenvalue weighted by Crippen LogP contribution is 2.48. The second kappa shape index (κ2) is 10.3. The minimum absolute atomic E-state index is 0.0231. The fourth-order valence-corrected chi connectivity index (χ4v) is 5.72. The minimum atomic E-state index is -2.49. The topological polar surface area (TPSA) is 27.3 Å². The molecule has 5 heteroatoms. The van der Waals surface area contributed by atoms with Gasteiger partial charge in [0.1, 0.15) is 0 Å². The highest BCUT2D eigenvalue weighted by molar-refractivity contribution is 5.20. The van der Waals surface area contributed by atoms with Crippen LogP contribution in [0.25, 0.3) is 0 Å². The van der Waals surface area contributed by atoms with Crippen LogP contribution in [0.2, 0.25) is 0 Å². The van der Waals surface area contributed by atoms with Crippen LogP contribution >= 0.6 is 0 Å². The van der Waals surface area contributed by atoms with Gasteiger partial charge in [0.2, 0.25) is 5.92 Å². The van der Waals surface area contributed by atoms with Crippen LogP contribution in [0.15, 0.2) is 37.2 Å². The lowest BCUT2D eigenvalue weighted by Gasteiger charge is -2.41. The fourth-order valence-electron chi connectivity index (χ4n) is 5.72. The molecule has 0 saturated heterocycles. The number of rotatable bonds is 9. The quantitative estimate of drug-likeness (QED) is 0.465. The van der Waals surface area contributed by atoms with Crippen LogP contribution in [0, 0.1) is 17.8 Å².